The number of thiophene rings is 1. The highest BCUT2D eigenvalue weighted by Gasteiger charge is 2.41. The average molecular weight is 330 g/mol. The molecule has 0 amide bonds. The molecule has 0 aromatic carbocycles. The standard InChI is InChI=1S/C15H24BrNS/c1-4-15(8-6-7-9-15)14(17-5-2)12-10-13(16)18-11(12)3/h10,14,17H,4-9H2,1-3H3. The van der Waals surface area contributed by atoms with Gasteiger partial charge in [0.25, 0.3) is 0 Å². The van der Waals surface area contributed by atoms with Gasteiger partial charge in [0.1, 0.15) is 0 Å². The van der Waals surface area contributed by atoms with Gasteiger partial charge in [0.15, 0.2) is 0 Å². The van der Waals surface area contributed by atoms with E-state index in [1.807, 2.05) is 11.3 Å². The molecular formula is C15H24BrNS. The first kappa shape index (κ1) is 14.5. The molecule has 1 aromatic heterocycles. The Balaban J connectivity index is 2.35. The zero-order chi connectivity index (χ0) is 13.2. The summed E-state index contributed by atoms with van der Waals surface area (Å²) in [6.45, 7) is 7.90. The molecule has 0 aliphatic heterocycles. The van der Waals surface area contributed by atoms with E-state index >= 15 is 0 Å². The minimum Gasteiger partial charge on any atom is -0.310 e. The van der Waals surface area contributed by atoms with Gasteiger partial charge in [-0.3, -0.25) is 0 Å². The van der Waals surface area contributed by atoms with Crippen molar-refractivity contribution in [3.8, 4) is 0 Å². The lowest BCUT2D eigenvalue weighted by atomic mass is 9.73. The van der Waals surface area contributed by atoms with Gasteiger partial charge in [-0.2, -0.15) is 0 Å². The Bertz CT molecular complexity index is 393. The monoisotopic (exact) mass is 329 g/mol. The highest BCUT2D eigenvalue weighted by molar-refractivity contribution is 9.11. The van der Waals surface area contributed by atoms with Crippen molar-refractivity contribution in [2.45, 2.75) is 58.9 Å². The maximum Gasteiger partial charge on any atom is 0.0704 e. The van der Waals surface area contributed by atoms with E-state index in [9.17, 15) is 0 Å². The molecule has 0 bridgehead atoms. The zero-order valence-corrected chi connectivity index (χ0v) is 14.1. The van der Waals surface area contributed by atoms with Crippen LogP contribution in [0.1, 0.15) is 62.4 Å². The highest BCUT2D eigenvalue weighted by Crippen LogP contribution is 2.51. The van der Waals surface area contributed by atoms with Gasteiger partial charge in [0.2, 0.25) is 0 Å². The second kappa shape index (κ2) is 6.06. The van der Waals surface area contributed by atoms with Crippen molar-refractivity contribution >= 4 is 27.3 Å². The first-order chi connectivity index (χ1) is 8.63. The Morgan fingerprint density at radius 3 is 2.50 bits per heavy atom. The summed E-state index contributed by atoms with van der Waals surface area (Å²) >= 11 is 5.51. The van der Waals surface area contributed by atoms with E-state index in [0.29, 0.717) is 11.5 Å². The van der Waals surface area contributed by atoms with Crippen LogP contribution in [0.2, 0.25) is 0 Å². The molecule has 1 heterocycles. The molecule has 18 heavy (non-hydrogen) atoms. The molecule has 3 heteroatoms. The topological polar surface area (TPSA) is 12.0 Å². The maximum absolute atomic E-state index is 3.77. The molecule has 1 aromatic rings. The van der Waals surface area contributed by atoms with Gasteiger partial charge < -0.3 is 5.32 Å². The molecule has 1 N–H and O–H groups in total. The fourth-order valence-electron chi connectivity index (χ4n) is 3.53. The maximum atomic E-state index is 3.77. The van der Waals surface area contributed by atoms with Crippen LogP contribution in [0.3, 0.4) is 0 Å². The van der Waals surface area contributed by atoms with Gasteiger partial charge in [-0.1, -0.05) is 26.7 Å². The summed E-state index contributed by atoms with van der Waals surface area (Å²) in [5, 5.41) is 3.77. The zero-order valence-electron chi connectivity index (χ0n) is 11.7. The normalized spacial score (nSPS) is 20.2. The molecule has 0 radical (unpaired) electrons. The second-order valence-electron chi connectivity index (χ2n) is 5.48. The summed E-state index contributed by atoms with van der Waals surface area (Å²) < 4.78 is 1.27. The van der Waals surface area contributed by atoms with Gasteiger partial charge in [0.05, 0.1) is 3.79 Å². The predicted molar refractivity (Wildman–Crippen MR) is 84.4 cm³/mol. The molecule has 1 aliphatic carbocycles. The van der Waals surface area contributed by atoms with Crippen molar-refractivity contribution in [1.82, 2.24) is 5.32 Å². The molecule has 2 rings (SSSR count). The Hall–Kier alpha value is 0.140. The van der Waals surface area contributed by atoms with E-state index in [-0.39, 0.29) is 0 Å². The van der Waals surface area contributed by atoms with E-state index in [0.717, 1.165) is 6.54 Å². The summed E-state index contributed by atoms with van der Waals surface area (Å²) in [4.78, 5) is 1.47. The quantitative estimate of drug-likeness (QED) is 0.758. The molecule has 1 fully saturated rings. The van der Waals surface area contributed by atoms with Crippen molar-refractivity contribution in [2.24, 2.45) is 5.41 Å². The van der Waals surface area contributed by atoms with E-state index in [1.54, 1.807) is 0 Å². The Labute approximate surface area is 123 Å². The van der Waals surface area contributed by atoms with E-state index in [2.05, 4.69) is 48.1 Å². The summed E-state index contributed by atoms with van der Waals surface area (Å²) in [6.07, 6.45) is 6.86. The number of hydrogen-bond donors (Lipinski definition) is 1. The van der Waals surface area contributed by atoms with Crippen molar-refractivity contribution in [2.75, 3.05) is 6.54 Å². The third-order valence-electron chi connectivity index (χ3n) is 4.56. The van der Waals surface area contributed by atoms with Gasteiger partial charge in [0, 0.05) is 10.9 Å². The van der Waals surface area contributed by atoms with Crippen molar-refractivity contribution < 1.29 is 0 Å². The molecule has 1 saturated carbocycles. The lowest BCUT2D eigenvalue weighted by molar-refractivity contribution is 0.189. The average Bonchev–Trinajstić information content (AvgIpc) is 2.94. The number of aryl methyl sites for hydroxylation is 1. The number of nitrogens with one attached hydrogen (secondary N) is 1. The fraction of sp³-hybridized carbons (Fsp3) is 0.733. The van der Waals surface area contributed by atoms with Gasteiger partial charge >= 0.3 is 0 Å². The van der Waals surface area contributed by atoms with Gasteiger partial charge in [-0.15, -0.1) is 11.3 Å². The van der Waals surface area contributed by atoms with Crippen LogP contribution >= 0.6 is 27.3 Å². The van der Waals surface area contributed by atoms with Crippen LogP contribution in [0, 0.1) is 12.3 Å². The van der Waals surface area contributed by atoms with Crippen LogP contribution in [0.25, 0.3) is 0 Å². The van der Waals surface area contributed by atoms with E-state index in [4.69, 9.17) is 0 Å². The van der Waals surface area contributed by atoms with Gasteiger partial charge in [-0.05, 0) is 65.7 Å². The third kappa shape index (κ3) is 2.68. The largest absolute Gasteiger partial charge is 0.310 e. The molecule has 1 nitrogen and oxygen atoms in total. The molecule has 1 unspecified atom stereocenters. The Morgan fingerprint density at radius 1 is 1.39 bits per heavy atom. The molecular weight excluding hydrogens is 306 g/mol. The highest BCUT2D eigenvalue weighted by atomic mass is 79.9. The van der Waals surface area contributed by atoms with Crippen LogP contribution in [0.4, 0.5) is 0 Å². The predicted octanol–water partition coefficient (Wildman–Crippen LogP) is 5.44. The summed E-state index contributed by atoms with van der Waals surface area (Å²) in [5.74, 6) is 0. The minimum absolute atomic E-state index is 0.487. The van der Waals surface area contributed by atoms with Crippen LogP contribution in [-0.2, 0) is 0 Å². The van der Waals surface area contributed by atoms with E-state index < -0.39 is 0 Å². The van der Waals surface area contributed by atoms with Crippen LogP contribution in [0.15, 0.2) is 9.85 Å². The van der Waals surface area contributed by atoms with Crippen LogP contribution in [-0.4, -0.2) is 6.54 Å². The SMILES string of the molecule is CCNC(c1cc(Br)sc1C)C1(CC)CCCC1. The first-order valence-corrected chi connectivity index (χ1v) is 8.73. The fourth-order valence-corrected chi connectivity index (χ4v) is 5.28. The van der Waals surface area contributed by atoms with Crippen molar-refractivity contribution in [1.29, 1.82) is 0 Å². The molecule has 1 atom stereocenters. The van der Waals surface area contributed by atoms with Gasteiger partial charge in [-0.25, -0.2) is 0 Å². The van der Waals surface area contributed by atoms with Crippen molar-refractivity contribution in [3.05, 3.63) is 20.3 Å². The lowest BCUT2D eigenvalue weighted by Crippen LogP contribution is -2.36. The Morgan fingerprint density at radius 2 is 2.06 bits per heavy atom. The molecule has 0 saturated heterocycles. The molecule has 1 aliphatic rings. The van der Waals surface area contributed by atoms with Crippen LogP contribution < -0.4 is 5.32 Å². The lowest BCUT2D eigenvalue weighted by Gasteiger charge is -2.38. The smallest absolute Gasteiger partial charge is 0.0704 e. The summed E-state index contributed by atoms with van der Waals surface area (Å²) in [7, 11) is 0. The summed E-state index contributed by atoms with van der Waals surface area (Å²) in [5.41, 5.74) is 2.01. The first-order valence-electron chi connectivity index (χ1n) is 7.12. The Kier molecular flexibility index (Phi) is 4.90. The molecule has 0 spiro atoms. The number of halogens is 1. The minimum atomic E-state index is 0.487. The molecule has 102 valence electrons. The third-order valence-corrected chi connectivity index (χ3v) is 6.13. The number of rotatable bonds is 5. The number of hydrogen-bond acceptors (Lipinski definition) is 2. The second-order valence-corrected chi connectivity index (χ2v) is 8.11. The summed E-state index contributed by atoms with van der Waals surface area (Å²) in [6, 6.07) is 2.88. The van der Waals surface area contributed by atoms with Crippen LogP contribution in [0.5, 0.6) is 0 Å². The van der Waals surface area contributed by atoms with Crippen molar-refractivity contribution in [3.63, 3.8) is 0 Å². The van der Waals surface area contributed by atoms with E-state index in [1.165, 1.54) is 46.3 Å².